The quantitative estimate of drug-likeness (QED) is 0.0772. The first-order chi connectivity index (χ1) is 26.9. The lowest BCUT2D eigenvalue weighted by atomic mass is 9.98. The molecule has 4 atom stereocenters. The van der Waals surface area contributed by atoms with E-state index in [1.54, 1.807) is 24.3 Å². The highest BCUT2D eigenvalue weighted by atomic mass is 16.7. The Balaban J connectivity index is 1.10. The van der Waals surface area contributed by atoms with Crippen molar-refractivity contribution >= 4 is 29.2 Å². The van der Waals surface area contributed by atoms with Gasteiger partial charge in [-0.25, -0.2) is 0 Å². The van der Waals surface area contributed by atoms with E-state index in [0.717, 1.165) is 52.8 Å². The molecule has 11 nitrogen and oxygen atoms in total. The minimum Gasteiger partial charge on any atom is -0.459 e. The van der Waals surface area contributed by atoms with Crippen molar-refractivity contribution in [2.75, 3.05) is 24.1 Å². The number of esters is 1. The largest absolute Gasteiger partial charge is 0.459 e. The number of carbonyl (C=O) groups is 3. The second-order valence-electron chi connectivity index (χ2n) is 15.6. The minimum atomic E-state index is -0.659. The van der Waals surface area contributed by atoms with Crippen LogP contribution in [0.4, 0.5) is 11.4 Å². The molecule has 0 spiro atoms. The second kappa shape index (κ2) is 18.7. The van der Waals surface area contributed by atoms with Crippen LogP contribution in [-0.2, 0) is 41.7 Å². The molecule has 4 aromatic rings. The smallest absolute Gasteiger partial charge is 0.323 e. The van der Waals surface area contributed by atoms with Crippen molar-refractivity contribution in [2.45, 2.75) is 103 Å². The standard InChI is InChI=1S/C45H54N4O7/c1-45(2,3)56-43(53)39-16-9-23-49(39)28-36-26-40(32-21-19-30(29-50)20-22-32)55-44(54-36)35-13-7-12-34(25-35)33-11-6-10-31(24-33)27-47-41(51)17-8-18-42(52)48-38-15-5-4-14-37(38)46/h4-7,10-15,19-22,24-25,36,39-40,44,50H,8-9,16-18,23,26-29,46H2,1-3H3,(H,47,51)(H,48,52). The number of nitrogens with two attached hydrogens (primary N) is 1. The summed E-state index contributed by atoms with van der Waals surface area (Å²) < 4.78 is 19.1. The van der Waals surface area contributed by atoms with Crippen molar-refractivity contribution in [1.82, 2.24) is 10.2 Å². The molecule has 2 fully saturated rings. The lowest BCUT2D eigenvalue weighted by Gasteiger charge is -2.38. The predicted molar refractivity (Wildman–Crippen MR) is 216 cm³/mol. The summed E-state index contributed by atoms with van der Waals surface area (Å²) in [5.74, 6) is -0.507. The first-order valence-corrected chi connectivity index (χ1v) is 19.5. The molecular formula is C45H54N4O7. The summed E-state index contributed by atoms with van der Waals surface area (Å²) in [7, 11) is 0. The maximum absolute atomic E-state index is 13.2. The van der Waals surface area contributed by atoms with Crippen LogP contribution in [0.5, 0.6) is 0 Å². The predicted octanol–water partition coefficient (Wildman–Crippen LogP) is 7.20. The first-order valence-electron chi connectivity index (χ1n) is 19.5. The van der Waals surface area contributed by atoms with Gasteiger partial charge in [-0.2, -0.15) is 0 Å². The number of amides is 2. The second-order valence-corrected chi connectivity index (χ2v) is 15.6. The Morgan fingerprint density at radius 1 is 0.857 bits per heavy atom. The minimum absolute atomic E-state index is 0.0340. The molecule has 2 amide bonds. The molecule has 0 radical (unpaired) electrons. The number of nitrogen functional groups attached to an aromatic ring is 1. The van der Waals surface area contributed by atoms with E-state index in [-0.39, 0.29) is 55.5 Å². The molecule has 5 N–H and O–H groups in total. The zero-order chi connectivity index (χ0) is 39.7. The Kier molecular flexibility index (Phi) is 13.6. The zero-order valence-electron chi connectivity index (χ0n) is 32.5. The topological polar surface area (TPSA) is 152 Å². The average Bonchev–Trinajstić information content (AvgIpc) is 3.66. The van der Waals surface area contributed by atoms with Gasteiger partial charge >= 0.3 is 5.97 Å². The summed E-state index contributed by atoms with van der Waals surface area (Å²) in [6, 6.07) is 30.7. The number of aliphatic hydroxyl groups excluding tert-OH is 1. The number of benzene rings is 4. The number of nitrogens with zero attached hydrogens (tertiary/aromatic N) is 1. The van der Waals surface area contributed by atoms with E-state index in [0.29, 0.717) is 37.3 Å². The highest BCUT2D eigenvalue weighted by Crippen LogP contribution is 2.40. The third-order valence-corrected chi connectivity index (χ3v) is 10.0. The van der Waals surface area contributed by atoms with Crippen LogP contribution in [0.2, 0.25) is 0 Å². The fourth-order valence-corrected chi connectivity index (χ4v) is 7.22. The number of likely N-dealkylation sites (tertiary alicyclic amines) is 1. The van der Waals surface area contributed by atoms with Gasteiger partial charge in [-0.3, -0.25) is 19.3 Å². The Labute approximate surface area is 329 Å². The average molecular weight is 763 g/mol. The van der Waals surface area contributed by atoms with Gasteiger partial charge in [-0.05, 0) is 98.7 Å². The number of hydrogen-bond donors (Lipinski definition) is 4. The summed E-state index contributed by atoms with van der Waals surface area (Å²) in [6.45, 7) is 7.36. The molecule has 0 bridgehead atoms. The molecule has 56 heavy (non-hydrogen) atoms. The van der Waals surface area contributed by atoms with Crippen molar-refractivity contribution in [1.29, 1.82) is 0 Å². The highest BCUT2D eigenvalue weighted by Gasteiger charge is 2.39. The van der Waals surface area contributed by atoms with E-state index in [2.05, 4.69) is 27.7 Å². The number of hydrogen-bond acceptors (Lipinski definition) is 9. The molecule has 2 saturated heterocycles. The van der Waals surface area contributed by atoms with E-state index in [9.17, 15) is 19.5 Å². The Morgan fingerprint density at radius 3 is 2.34 bits per heavy atom. The van der Waals surface area contributed by atoms with E-state index in [4.69, 9.17) is 19.9 Å². The number of aliphatic hydroxyl groups is 1. The maximum Gasteiger partial charge on any atom is 0.323 e. The normalized spacial score (nSPS) is 20.0. The fourth-order valence-electron chi connectivity index (χ4n) is 7.22. The number of anilines is 2. The van der Waals surface area contributed by atoms with Gasteiger partial charge in [-0.1, -0.05) is 72.8 Å². The van der Waals surface area contributed by atoms with Crippen molar-refractivity contribution in [3.8, 4) is 11.1 Å². The van der Waals surface area contributed by atoms with Gasteiger partial charge in [0.15, 0.2) is 6.29 Å². The molecule has 2 aliphatic rings. The molecule has 296 valence electrons. The zero-order valence-corrected chi connectivity index (χ0v) is 32.5. The van der Waals surface area contributed by atoms with Gasteiger partial charge in [0.25, 0.3) is 0 Å². The number of para-hydroxylation sites is 2. The number of rotatable bonds is 14. The van der Waals surface area contributed by atoms with E-state index in [1.807, 2.05) is 81.4 Å². The lowest BCUT2D eigenvalue weighted by molar-refractivity contribution is -0.253. The lowest BCUT2D eigenvalue weighted by Crippen LogP contribution is -2.45. The van der Waals surface area contributed by atoms with Crippen LogP contribution in [0.25, 0.3) is 11.1 Å². The highest BCUT2D eigenvalue weighted by molar-refractivity contribution is 5.94. The molecule has 4 aromatic carbocycles. The van der Waals surface area contributed by atoms with Gasteiger partial charge in [0, 0.05) is 37.9 Å². The van der Waals surface area contributed by atoms with E-state index < -0.39 is 11.9 Å². The first kappa shape index (κ1) is 40.6. The Morgan fingerprint density at radius 2 is 1.59 bits per heavy atom. The van der Waals surface area contributed by atoms with Crippen LogP contribution in [-0.4, -0.2) is 58.6 Å². The van der Waals surface area contributed by atoms with Gasteiger partial charge < -0.3 is 35.7 Å². The molecule has 0 aromatic heterocycles. The molecule has 4 unspecified atom stereocenters. The number of carbonyl (C=O) groups excluding carboxylic acids is 3. The van der Waals surface area contributed by atoms with E-state index in [1.165, 1.54) is 0 Å². The van der Waals surface area contributed by atoms with Crippen molar-refractivity contribution in [3.05, 3.63) is 119 Å². The third kappa shape index (κ3) is 11.3. The maximum atomic E-state index is 13.2. The number of ether oxygens (including phenoxy) is 3. The molecule has 2 heterocycles. The summed E-state index contributed by atoms with van der Waals surface area (Å²) in [5, 5.41) is 15.4. The van der Waals surface area contributed by atoms with Crippen LogP contribution in [0.3, 0.4) is 0 Å². The molecule has 2 aliphatic heterocycles. The van der Waals surface area contributed by atoms with Gasteiger partial charge in [-0.15, -0.1) is 0 Å². The summed E-state index contributed by atoms with van der Waals surface area (Å²) in [4.78, 5) is 40.3. The Hall–Kier alpha value is -5.07. The third-order valence-electron chi connectivity index (χ3n) is 10.0. The fraction of sp³-hybridized carbons (Fsp3) is 0.400. The van der Waals surface area contributed by atoms with Gasteiger partial charge in [0.2, 0.25) is 11.8 Å². The number of nitrogens with one attached hydrogen (secondary N) is 2. The van der Waals surface area contributed by atoms with Crippen LogP contribution < -0.4 is 16.4 Å². The molecule has 0 saturated carbocycles. The van der Waals surface area contributed by atoms with Crippen molar-refractivity contribution in [2.24, 2.45) is 0 Å². The summed E-state index contributed by atoms with van der Waals surface area (Å²) in [6.07, 6.45) is 2.00. The molecule has 11 heteroatoms. The molecular weight excluding hydrogens is 709 g/mol. The summed E-state index contributed by atoms with van der Waals surface area (Å²) in [5.41, 5.74) is 12.0. The van der Waals surface area contributed by atoms with Crippen LogP contribution in [0.1, 0.15) is 93.9 Å². The van der Waals surface area contributed by atoms with Crippen molar-refractivity contribution < 1.29 is 33.7 Å². The van der Waals surface area contributed by atoms with Gasteiger partial charge in [0.1, 0.15) is 11.6 Å². The van der Waals surface area contributed by atoms with E-state index >= 15 is 0 Å². The van der Waals surface area contributed by atoms with Gasteiger partial charge in [0.05, 0.1) is 30.2 Å². The molecule has 0 aliphatic carbocycles. The van der Waals surface area contributed by atoms with Crippen LogP contribution in [0, 0.1) is 0 Å². The van der Waals surface area contributed by atoms with Crippen molar-refractivity contribution in [3.63, 3.8) is 0 Å². The van der Waals surface area contributed by atoms with Crippen LogP contribution in [0.15, 0.2) is 97.1 Å². The monoisotopic (exact) mass is 762 g/mol. The Bertz CT molecular complexity index is 1960. The SMILES string of the molecule is CC(C)(C)OC(=O)C1CCCN1CC1CC(c2ccc(CO)cc2)OC(c2cccc(-c3cccc(CNC(=O)CCCC(=O)Nc4ccccc4N)c3)c2)O1. The van der Waals surface area contributed by atoms with Crippen LogP contribution >= 0.6 is 0 Å². The summed E-state index contributed by atoms with van der Waals surface area (Å²) >= 11 is 0. The molecule has 6 rings (SSSR count).